The fourth-order valence-corrected chi connectivity index (χ4v) is 1.93. The molecule has 0 N–H and O–H groups in total. The smallest absolute Gasteiger partial charge is 0.140 e. The average Bonchev–Trinajstić information content (AvgIpc) is 2.27. The van der Waals surface area contributed by atoms with Gasteiger partial charge in [0.2, 0.25) is 0 Å². The maximum Gasteiger partial charge on any atom is 0.140 e. The van der Waals surface area contributed by atoms with Crippen molar-refractivity contribution in [2.75, 3.05) is 0 Å². The van der Waals surface area contributed by atoms with Crippen LogP contribution in [0.15, 0.2) is 24.3 Å². The lowest BCUT2D eigenvalue weighted by Crippen LogP contribution is -2.34. The molecule has 86 valence electrons. The van der Waals surface area contributed by atoms with Crippen LogP contribution in [0.2, 0.25) is 0 Å². The molecule has 2 heteroatoms. The number of ketones is 1. The molecule has 1 fully saturated rings. The van der Waals surface area contributed by atoms with Crippen LogP contribution < -0.4 is 4.74 Å². The molecular weight excluding hydrogens is 200 g/mol. The van der Waals surface area contributed by atoms with Crippen molar-refractivity contribution >= 4 is 5.78 Å². The van der Waals surface area contributed by atoms with Crippen LogP contribution in [-0.4, -0.2) is 11.9 Å². The summed E-state index contributed by atoms with van der Waals surface area (Å²) in [6.07, 6.45) is 2.37. The van der Waals surface area contributed by atoms with E-state index in [0.29, 0.717) is 24.5 Å². The van der Waals surface area contributed by atoms with Crippen LogP contribution in [0.4, 0.5) is 0 Å². The van der Waals surface area contributed by atoms with Crippen LogP contribution in [0, 0.1) is 0 Å². The summed E-state index contributed by atoms with van der Waals surface area (Å²) in [6, 6.07) is 8.15. The Kier molecular flexibility index (Phi) is 3.28. The Morgan fingerprint density at radius 3 is 2.69 bits per heavy atom. The summed E-state index contributed by atoms with van der Waals surface area (Å²) >= 11 is 0. The number of carbonyl (C=O) groups excluding carboxylic acids is 1. The third-order valence-electron chi connectivity index (χ3n) is 3.27. The van der Waals surface area contributed by atoms with Crippen LogP contribution >= 0.6 is 0 Å². The molecule has 1 saturated carbocycles. The summed E-state index contributed by atoms with van der Waals surface area (Å²) in [6.45, 7) is 4.38. The maximum absolute atomic E-state index is 10.9. The molecule has 16 heavy (non-hydrogen) atoms. The van der Waals surface area contributed by atoms with E-state index in [4.69, 9.17) is 4.74 Å². The van der Waals surface area contributed by atoms with Crippen LogP contribution in [0.1, 0.15) is 44.6 Å². The van der Waals surface area contributed by atoms with Crippen molar-refractivity contribution in [1.82, 2.24) is 0 Å². The van der Waals surface area contributed by atoms with E-state index in [9.17, 15) is 4.79 Å². The molecule has 1 aliphatic carbocycles. The lowest BCUT2D eigenvalue weighted by atomic mass is 9.93. The molecule has 0 saturated heterocycles. The minimum Gasteiger partial charge on any atom is -0.489 e. The van der Waals surface area contributed by atoms with E-state index in [1.54, 1.807) is 0 Å². The molecule has 0 spiro atoms. The zero-order valence-electron chi connectivity index (χ0n) is 9.90. The van der Waals surface area contributed by atoms with E-state index >= 15 is 0 Å². The molecule has 0 amide bonds. The zero-order valence-corrected chi connectivity index (χ0v) is 9.90. The summed E-state index contributed by atoms with van der Waals surface area (Å²) in [5, 5.41) is 0. The number of rotatable bonds is 4. The second-order valence-electron chi connectivity index (χ2n) is 4.53. The van der Waals surface area contributed by atoms with Crippen molar-refractivity contribution in [2.45, 2.75) is 45.1 Å². The Morgan fingerprint density at radius 2 is 2.06 bits per heavy atom. The van der Waals surface area contributed by atoms with Gasteiger partial charge >= 0.3 is 0 Å². The van der Waals surface area contributed by atoms with Gasteiger partial charge in [0, 0.05) is 12.8 Å². The number of hydrogen-bond acceptors (Lipinski definition) is 2. The van der Waals surface area contributed by atoms with Crippen LogP contribution in [0.25, 0.3) is 0 Å². The average molecular weight is 218 g/mol. The monoisotopic (exact) mass is 218 g/mol. The van der Waals surface area contributed by atoms with Gasteiger partial charge in [-0.3, -0.25) is 4.79 Å². The van der Waals surface area contributed by atoms with E-state index in [0.717, 1.165) is 12.2 Å². The highest BCUT2D eigenvalue weighted by Gasteiger charge is 2.29. The fourth-order valence-electron chi connectivity index (χ4n) is 1.93. The minimum atomic E-state index is 0.109. The molecule has 1 aliphatic rings. The Labute approximate surface area is 96.6 Å². The quantitative estimate of drug-likeness (QED) is 0.775. The van der Waals surface area contributed by atoms with Gasteiger partial charge in [-0.2, -0.15) is 0 Å². The van der Waals surface area contributed by atoms with Crippen molar-refractivity contribution in [2.24, 2.45) is 0 Å². The van der Waals surface area contributed by atoms with Gasteiger partial charge in [-0.25, -0.2) is 0 Å². The second-order valence-corrected chi connectivity index (χ2v) is 4.53. The van der Waals surface area contributed by atoms with E-state index in [1.807, 2.05) is 18.2 Å². The Morgan fingerprint density at radius 1 is 1.38 bits per heavy atom. The highest BCUT2D eigenvalue weighted by Crippen LogP contribution is 2.31. The Hall–Kier alpha value is -1.31. The number of hydrogen-bond donors (Lipinski definition) is 0. The first-order chi connectivity index (χ1) is 7.70. The zero-order chi connectivity index (χ0) is 11.5. The molecule has 0 aromatic heterocycles. The fraction of sp³-hybridized carbons (Fsp3) is 0.500. The molecule has 0 aliphatic heterocycles. The predicted octanol–water partition coefficient (Wildman–Crippen LogP) is 3.31. The summed E-state index contributed by atoms with van der Waals surface area (Å²) in [7, 11) is 0. The highest BCUT2D eigenvalue weighted by molar-refractivity contribution is 5.85. The van der Waals surface area contributed by atoms with Gasteiger partial charge in [0.1, 0.15) is 17.6 Å². The number of Topliss-reactive ketones (excluding diaryl/α,β-unsaturated/α-hetero) is 1. The van der Waals surface area contributed by atoms with Crippen LogP contribution in [0.3, 0.4) is 0 Å². The molecule has 0 heterocycles. The van der Waals surface area contributed by atoms with Gasteiger partial charge in [0.05, 0.1) is 0 Å². The standard InChI is InChI=1S/C14H18O2/c1-3-10(2)13-6-4-5-7-14(13)16-12-8-11(15)9-12/h4-7,10,12H,3,8-9H2,1-2H3. The lowest BCUT2D eigenvalue weighted by molar-refractivity contribution is -0.129. The Bertz CT molecular complexity index is 376. The third kappa shape index (κ3) is 2.26. The molecule has 1 unspecified atom stereocenters. The van der Waals surface area contributed by atoms with E-state index in [1.165, 1.54) is 5.56 Å². The molecule has 0 bridgehead atoms. The number of benzene rings is 1. The first-order valence-corrected chi connectivity index (χ1v) is 5.98. The normalized spacial score (nSPS) is 18.0. The summed E-state index contributed by atoms with van der Waals surface area (Å²) in [5.41, 5.74) is 1.25. The summed E-state index contributed by atoms with van der Waals surface area (Å²) in [4.78, 5) is 10.9. The molecule has 0 radical (unpaired) electrons. The van der Waals surface area contributed by atoms with Gasteiger partial charge in [0.15, 0.2) is 0 Å². The van der Waals surface area contributed by atoms with E-state index in [-0.39, 0.29) is 6.10 Å². The van der Waals surface area contributed by atoms with Gasteiger partial charge < -0.3 is 4.74 Å². The molecule has 1 aromatic rings. The Balaban J connectivity index is 2.10. The minimum absolute atomic E-state index is 0.109. The van der Waals surface area contributed by atoms with Crippen molar-refractivity contribution in [3.63, 3.8) is 0 Å². The second kappa shape index (κ2) is 4.69. The number of ether oxygens (including phenoxy) is 1. The van der Waals surface area contributed by atoms with Gasteiger partial charge in [-0.15, -0.1) is 0 Å². The van der Waals surface area contributed by atoms with Gasteiger partial charge in [-0.1, -0.05) is 32.0 Å². The SMILES string of the molecule is CCC(C)c1ccccc1OC1CC(=O)C1. The first-order valence-electron chi connectivity index (χ1n) is 5.98. The van der Waals surface area contributed by atoms with Crippen LogP contribution in [0.5, 0.6) is 5.75 Å². The summed E-state index contributed by atoms with van der Waals surface area (Å²) in [5.74, 6) is 1.77. The van der Waals surface area contributed by atoms with Gasteiger partial charge in [-0.05, 0) is 24.0 Å². The van der Waals surface area contributed by atoms with Crippen molar-refractivity contribution < 1.29 is 9.53 Å². The maximum atomic E-state index is 10.9. The summed E-state index contributed by atoms with van der Waals surface area (Å²) < 4.78 is 5.85. The molecule has 2 nitrogen and oxygen atoms in total. The molecular formula is C14H18O2. The molecule has 1 aromatic carbocycles. The van der Waals surface area contributed by atoms with Crippen molar-refractivity contribution in [3.05, 3.63) is 29.8 Å². The lowest BCUT2D eigenvalue weighted by Gasteiger charge is -2.27. The molecule has 1 atom stereocenters. The van der Waals surface area contributed by atoms with Crippen molar-refractivity contribution in [1.29, 1.82) is 0 Å². The van der Waals surface area contributed by atoms with Crippen LogP contribution in [-0.2, 0) is 4.79 Å². The highest BCUT2D eigenvalue weighted by atomic mass is 16.5. The largest absolute Gasteiger partial charge is 0.489 e. The van der Waals surface area contributed by atoms with Crippen molar-refractivity contribution in [3.8, 4) is 5.75 Å². The van der Waals surface area contributed by atoms with Gasteiger partial charge in [0.25, 0.3) is 0 Å². The van der Waals surface area contributed by atoms with E-state index < -0.39 is 0 Å². The third-order valence-corrected chi connectivity index (χ3v) is 3.27. The first kappa shape index (κ1) is 11.2. The molecule has 2 rings (SSSR count). The predicted molar refractivity (Wildman–Crippen MR) is 63.8 cm³/mol. The topological polar surface area (TPSA) is 26.3 Å². The number of para-hydroxylation sites is 1. The number of carbonyl (C=O) groups is 1. The van der Waals surface area contributed by atoms with E-state index in [2.05, 4.69) is 19.9 Å².